The lowest BCUT2D eigenvalue weighted by atomic mass is 10.0. The van der Waals surface area contributed by atoms with Gasteiger partial charge in [0.15, 0.2) is 0 Å². The average molecular weight is 295 g/mol. The maximum atomic E-state index is 12.0. The van der Waals surface area contributed by atoms with Crippen molar-refractivity contribution in [3.63, 3.8) is 0 Å². The van der Waals surface area contributed by atoms with Gasteiger partial charge in [0.05, 0.1) is 12.1 Å². The number of aryl methyl sites for hydroxylation is 1. The van der Waals surface area contributed by atoms with Gasteiger partial charge in [0.25, 0.3) is 5.91 Å². The van der Waals surface area contributed by atoms with Crippen molar-refractivity contribution in [3.8, 4) is 0 Å². The van der Waals surface area contributed by atoms with Crippen LogP contribution in [0.5, 0.6) is 0 Å². The maximum absolute atomic E-state index is 12.0. The summed E-state index contributed by atoms with van der Waals surface area (Å²) >= 11 is 5.84. The molecule has 0 aromatic carbocycles. The molecule has 0 saturated carbocycles. The van der Waals surface area contributed by atoms with E-state index in [0.717, 1.165) is 0 Å². The van der Waals surface area contributed by atoms with E-state index in [1.165, 1.54) is 6.20 Å². The first-order valence-electron chi connectivity index (χ1n) is 6.08. The van der Waals surface area contributed by atoms with E-state index in [9.17, 15) is 9.90 Å². The minimum Gasteiger partial charge on any atom is -0.463 e. The molecular weight excluding hydrogens is 280 g/mol. The van der Waals surface area contributed by atoms with Gasteiger partial charge in [-0.15, -0.1) is 0 Å². The second kappa shape index (κ2) is 5.64. The number of amides is 1. The Morgan fingerprint density at radius 3 is 2.85 bits per heavy atom. The highest BCUT2D eigenvalue weighted by Gasteiger charge is 2.27. The summed E-state index contributed by atoms with van der Waals surface area (Å²) in [6.45, 7) is 3.36. The molecule has 0 aliphatic carbocycles. The highest BCUT2D eigenvalue weighted by Crippen LogP contribution is 2.22. The monoisotopic (exact) mass is 294 g/mol. The molecule has 2 N–H and O–H groups in total. The number of carbonyl (C=O) groups is 1. The number of rotatable bonds is 4. The number of carbonyl (C=O) groups excluding carboxylic acids is 1. The summed E-state index contributed by atoms with van der Waals surface area (Å²) in [4.78, 5) is 15.8. The Labute approximate surface area is 121 Å². The van der Waals surface area contributed by atoms with E-state index < -0.39 is 11.5 Å². The minimum absolute atomic E-state index is 0.00398. The summed E-state index contributed by atoms with van der Waals surface area (Å²) in [5, 5.41) is 13.0. The second-order valence-corrected chi connectivity index (χ2v) is 5.07. The summed E-state index contributed by atoms with van der Waals surface area (Å²) in [5.41, 5.74) is -1.03. The number of hydrogen-bond acceptors (Lipinski definition) is 4. The molecule has 2 aromatic rings. The van der Waals surface area contributed by atoms with E-state index in [2.05, 4.69) is 10.3 Å². The highest BCUT2D eigenvalue weighted by molar-refractivity contribution is 6.32. The van der Waals surface area contributed by atoms with Crippen molar-refractivity contribution in [3.05, 3.63) is 52.7 Å². The molecule has 1 atom stereocenters. The number of hydrogen-bond donors (Lipinski definition) is 2. The lowest BCUT2D eigenvalue weighted by molar-refractivity contribution is 0.0323. The van der Waals surface area contributed by atoms with Crippen LogP contribution in [-0.4, -0.2) is 22.5 Å². The Morgan fingerprint density at radius 1 is 1.50 bits per heavy atom. The van der Waals surface area contributed by atoms with Crippen LogP contribution in [0.1, 0.15) is 28.8 Å². The van der Waals surface area contributed by atoms with Crippen LogP contribution in [0.3, 0.4) is 0 Å². The van der Waals surface area contributed by atoms with Gasteiger partial charge in [-0.3, -0.25) is 4.79 Å². The molecule has 0 saturated heterocycles. The van der Waals surface area contributed by atoms with Crippen LogP contribution in [0.2, 0.25) is 5.15 Å². The smallest absolute Gasteiger partial charge is 0.254 e. The van der Waals surface area contributed by atoms with Gasteiger partial charge in [0, 0.05) is 6.20 Å². The molecule has 0 spiro atoms. The van der Waals surface area contributed by atoms with Crippen LogP contribution in [0.4, 0.5) is 0 Å². The minimum atomic E-state index is -1.29. The van der Waals surface area contributed by atoms with Gasteiger partial charge in [-0.25, -0.2) is 4.98 Å². The molecule has 2 aromatic heterocycles. The number of aromatic nitrogens is 1. The first-order valence-corrected chi connectivity index (χ1v) is 6.46. The fourth-order valence-electron chi connectivity index (χ4n) is 1.71. The largest absolute Gasteiger partial charge is 0.463 e. The molecule has 0 fully saturated rings. The predicted molar refractivity (Wildman–Crippen MR) is 74.6 cm³/mol. The lowest BCUT2D eigenvalue weighted by Gasteiger charge is -2.21. The fourth-order valence-corrected chi connectivity index (χ4v) is 1.92. The van der Waals surface area contributed by atoms with Crippen LogP contribution in [0.15, 0.2) is 34.9 Å². The molecule has 2 rings (SSSR count). The molecule has 1 unspecified atom stereocenters. The third-order valence-corrected chi connectivity index (χ3v) is 3.17. The van der Waals surface area contributed by atoms with Crippen molar-refractivity contribution in [2.45, 2.75) is 19.4 Å². The van der Waals surface area contributed by atoms with E-state index >= 15 is 0 Å². The highest BCUT2D eigenvalue weighted by atomic mass is 35.5. The molecule has 106 valence electrons. The Bertz CT molecular complexity index is 622. The number of nitrogens with one attached hydrogen (secondary N) is 1. The zero-order chi connectivity index (χ0) is 14.8. The molecule has 0 aliphatic rings. The van der Waals surface area contributed by atoms with Crippen molar-refractivity contribution < 1.29 is 14.3 Å². The predicted octanol–water partition coefficient (Wildman–Crippen LogP) is 2.27. The molecule has 0 radical (unpaired) electrons. The van der Waals surface area contributed by atoms with Crippen LogP contribution in [0.25, 0.3) is 0 Å². The Balaban J connectivity index is 2.05. The van der Waals surface area contributed by atoms with E-state index in [1.807, 2.05) is 0 Å². The van der Waals surface area contributed by atoms with Gasteiger partial charge in [-0.1, -0.05) is 11.6 Å². The van der Waals surface area contributed by atoms with Gasteiger partial charge in [-0.05, 0) is 38.1 Å². The number of pyridine rings is 1. The normalized spacial score (nSPS) is 13.8. The molecular formula is C14H15ClN2O3. The van der Waals surface area contributed by atoms with E-state index in [4.69, 9.17) is 16.0 Å². The Hall–Kier alpha value is -1.85. The third kappa shape index (κ3) is 3.18. The standard InChI is InChI=1S/C14H15ClN2O3/c1-9-5-6-11(20-9)14(2,19)8-17-13(18)10-4-3-7-16-12(10)15/h3-7,19H,8H2,1-2H3,(H,17,18). The Kier molecular flexibility index (Phi) is 4.11. The Morgan fingerprint density at radius 2 is 2.25 bits per heavy atom. The van der Waals surface area contributed by atoms with Crippen LogP contribution in [0, 0.1) is 6.92 Å². The average Bonchev–Trinajstić information content (AvgIpc) is 2.84. The molecule has 1 amide bonds. The first-order chi connectivity index (χ1) is 9.40. The molecule has 6 heteroatoms. The van der Waals surface area contributed by atoms with E-state index in [1.54, 1.807) is 38.1 Å². The van der Waals surface area contributed by atoms with Gasteiger partial charge in [0.2, 0.25) is 0 Å². The zero-order valence-electron chi connectivity index (χ0n) is 11.2. The first kappa shape index (κ1) is 14.6. The summed E-state index contributed by atoms with van der Waals surface area (Å²) in [6.07, 6.45) is 1.50. The number of nitrogens with zero attached hydrogens (tertiary/aromatic N) is 1. The maximum Gasteiger partial charge on any atom is 0.254 e. The molecule has 0 bridgehead atoms. The fraction of sp³-hybridized carbons (Fsp3) is 0.286. The van der Waals surface area contributed by atoms with Gasteiger partial charge in [0.1, 0.15) is 22.3 Å². The van der Waals surface area contributed by atoms with Crippen LogP contribution >= 0.6 is 11.6 Å². The molecule has 20 heavy (non-hydrogen) atoms. The summed E-state index contributed by atoms with van der Waals surface area (Å²) in [7, 11) is 0. The van der Waals surface area contributed by atoms with Gasteiger partial charge in [-0.2, -0.15) is 0 Å². The number of furan rings is 1. The zero-order valence-corrected chi connectivity index (χ0v) is 11.9. The summed E-state index contributed by atoms with van der Waals surface area (Å²) < 4.78 is 5.37. The van der Waals surface area contributed by atoms with E-state index in [-0.39, 0.29) is 17.3 Å². The van der Waals surface area contributed by atoms with Crippen molar-refractivity contribution in [2.75, 3.05) is 6.54 Å². The number of halogens is 1. The van der Waals surface area contributed by atoms with Crippen molar-refractivity contribution in [2.24, 2.45) is 0 Å². The summed E-state index contributed by atoms with van der Waals surface area (Å²) in [6, 6.07) is 6.62. The van der Waals surface area contributed by atoms with Crippen LogP contribution in [-0.2, 0) is 5.60 Å². The molecule has 2 heterocycles. The SMILES string of the molecule is Cc1ccc(C(C)(O)CNC(=O)c2cccnc2Cl)o1. The molecule has 0 aliphatic heterocycles. The van der Waals surface area contributed by atoms with E-state index in [0.29, 0.717) is 11.5 Å². The van der Waals surface area contributed by atoms with Crippen molar-refractivity contribution in [1.29, 1.82) is 0 Å². The van der Waals surface area contributed by atoms with Crippen LogP contribution < -0.4 is 5.32 Å². The topological polar surface area (TPSA) is 75.4 Å². The second-order valence-electron chi connectivity index (χ2n) is 4.71. The van der Waals surface area contributed by atoms with Crippen molar-refractivity contribution >= 4 is 17.5 Å². The van der Waals surface area contributed by atoms with Crippen molar-refractivity contribution in [1.82, 2.24) is 10.3 Å². The molecule has 5 nitrogen and oxygen atoms in total. The lowest BCUT2D eigenvalue weighted by Crippen LogP contribution is -2.38. The van der Waals surface area contributed by atoms with Gasteiger partial charge >= 0.3 is 0 Å². The van der Waals surface area contributed by atoms with Gasteiger partial charge < -0.3 is 14.8 Å². The third-order valence-electron chi connectivity index (χ3n) is 2.87. The quantitative estimate of drug-likeness (QED) is 0.848. The summed E-state index contributed by atoms with van der Waals surface area (Å²) in [5.74, 6) is 0.696. The number of aliphatic hydroxyl groups is 1.